The maximum Gasteiger partial charge on any atom is 0.140 e. The molecule has 2 heterocycles. The Morgan fingerprint density at radius 1 is 1.67 bits per heavy atom. The summed E-state index contributed by atoms with van der Waals surface area (Å²) in [6.07, 6.45) is 4.23. The van der Waals surface area contributed by atoms with Crippen molar-refractivity contribution in [3.8, 4) is 6.07 Å². The minimum atomic E-state index is 0.580. The maximum absolute atomic E-state index is 8.70. The molecule has 0 aliphatic carbocycles. The second kappa shape index (κ2) is 2.65. The summed E-state index contributed by atoms with van der Waals surface area (Å²) in [7, 11) is 0. The molecule has 1 aliphatic rings. The van der Waals surface area contributed by atoms with Gasteiger partial charge in [0.15, 0.2) is 0 Å². The zero-order chi connectivity index (χ0) is 8.55. The summed E-state index contributed by atoms with van der Waals surface area (Å²) in [4.78, 5) is 4.10. The number of hydrogen-bond acceptors (Lipinski definition) is 2. The normalized spacial score (nSPS) is 14.8. The van der Waals surface area contributed by atoms with Crippen LogP contribution in [-0.4, -0.2) is 9.55 Å². The summed E-state index contributed by atoms with van der Waals surface area (Å²) in [5, 5.41) is 9.47. The number of imidazole rings is 1. The monoisotopic (exact) mass is 179 g/mol. The lowest BCUT2D eigenvalue weighted by atomic mass is 10.3. The van der Waals surface area contributed by atoms with E-state index in [1.807, 2.05) is 10.6 Å². The molecule has 60 valence electrons. The van der Waals surface area contributed by atoms with Gasteiger partial charge < -0.3 is 4.57 Å². The summed E-state index contributed by atoms with van der Waals surface area (Å²) in [6, 6.07) is 2.07. The molecule has 0 amide bonds. The predicted molar refractivity (Wildman–Crippen MR) is 44.6 cm³/mol. The minimum Gasteiger partial charge on any atom is -0.314 e. The molecule has 3 nitrogen and oxygen atoms in total. The average Bonchev–Trinajstić information content (AvgIpc) is 2.46. The number of allylic oxidation sites excluding steroid dienone is 2. The number of nitrogens with zero attached hydrogens (tertiary/aromatic N) is 3. The molecule has 12 heavy (non-hydrogen) atoms. The Balaban J connectivity index is 2.48. The van der Waals surface area contributed by atoms with E-state index in [-0.39, 0.29) is 0 Å². The highest BCUT2D eigenvalue weighted by molar-refractivity contribution is 6.29. The summed E-state index contributed by atoms with van der Waals surface area (Å²) in [5.41, 5.74) is 0.580. The molecule has 2 rings (SSSR count). The summed E-state index contributed by atoms with van der Waals surface area (Å²) >= 11 is 5.83. The molecule has 0 spiro atoms. The Hall–Kier alpha value is -1.27. The van der Waals surface area contributed by atoms with Crippen LogP contribution in [0.15, 0.2) is 17.3 Å². The van der Waals surface area contributed by atoms with E-state index in [1.54, 1.807) is 6.20 Å². The van der Waals surface area contributed by atoms with Crippen LogP contribution in [0.4, 0.5) is 0 Å². The van der Waals surface area contributed by atoms with Gasteiger partial charge >= 0.3 is 0 Å². The molecule has 0 fully saturated rings. The quantitative estimate of drug-likeness (QED) is 0.605. The third-order valence-electron chi connectivity index (χ3n) is 1.87. The van der Waals surface area contributed by atoms with E-state index >= 15 is 0 Å². The van der Waals surface area contributed by atoms with Crippen LogP contribution in [0.5, 0.6) is 0 Å². The van der Waals surface area contributed by atoms with Gasteiger partial charge in [-0.15, -0.1) is 0 Å². The molecule has 0 unspecified atom stereocenters. The first kappa shape index (κ1) is 7.38. The first-order valence-electron chi connectivity index (χ1n) is 3.60. The fourth-order valence-corrected chi connectivity index (χ4v) is 1.46. The summed E-state index contributed by atoms with van der Waals surface area (Å²) in [5.74, 6) is 0.913. The van der Waals surface area contributed by atoms with Crippen molar-refractivity contribution >= 4 is 11.6 Å². The Bertz CT molecular complexity index is 383. The maximum atomic E-state index is 8.70. The van der Waals surface area contributed by atoms with Gasteiger partial charge in [-0.2, -0.15) is 5.26 Å². The Morgan fingerprint density at radius 3 is 3.25 bits per heavy atom. The molecule has 0 N–H and O–H groups in total. The van der Waals surface area contributed by atoms with Crippen molar-refractivity contribution in [2.24, 2.45) is 0 Å². The number of halogens is 1. The van der Waals surface area contributed by atoms with Crippen molar-refractivity contribution in [3.63, 3.8) is 0 Å². The lowest BCUT2D eigenvalue weighted by Crippen LogP contribution is -2.10. The van der Waals surface area contributed by atoms with E-state index in [9.17, 15) is 0 Å². The number of rotatable bonds is 0. The van der Waals surface area contributed by atoms with Crippen molar-refractivity contribution in [2.45, 2.75) is 13.0 Å². The van der Waals surface area contributed by atoms with E-state index in [2.05, 4.69) is 11.1 Å². The molecular formula is C8H6ClN3. The molecule has 4 heteroatoms. The topological polar surface area (TPSA) is 41.6 Å². The fraction of sp³-hybridized carbons (Fsp3) is 0.250. The minimum absolute atomic E-state index is 0.580. The first-order chi connectivity index (χ1) is 5.81. The Kier molecular flexibility index (Phi) is 1.63. The van der Waals surface area contributed by atoms with Crippen molar-refractivity contribution < 1.29 is 0 Å². The van der Waals surface area contributed by atoms with Gasteiger partial charge in [-0.3, -0.25) is 0 Å². The van der Waals surface area contributed by atoms with Crippen LogP contribution in [0.1, 0.15) is 11.5 Å². The Morgan fingerprint density at radius 2 is 2.50 bits per heavy atom. The van der Waals surface area contributed by atoms with Crippen LogP contribution < -0.4 is 0 Å². The van der Waals surface area contributed by atoms with E-state index < -0.39 is 0 Å². The van der Waals surface area contributed by atoms with Gasteiger partial charge in [0.05, 0.1) is 12.7 Å². The number of hydrogen-bond donors (Lipinski definition) is 0. The molecule has 0 saturated heterocycles. The van der Waals surface area contributed by atoms with Crippen molar-refractivity contribution in [1.29, 1.82) is 5.26 Å². The van der Waals surface area contributed by atoms with Gasteiger partial charge in [0.2, 0.25) is 0 Å². The van der Waals surface area contributed by atoms with Gasteiger partial charge in [0.25, 0.3) is 0 Å². The molecule has 0 atom stereocenters. The van der Waals surface area contributed by atoms with Crippen LogP contribution in [0.25, 0.3) is 0 Å². The molecule has 0 radical (unpaired) electrons. The smallest absolute Gasteiger partial charge is 0.140 e. The SMILES string of the molecule is N#Cc1cnc2n1CC(Cl)=CC2. The first-order valence-corrected chi connectivity index (χ1v) is 3.98. The standard InChI is InChI=1S/C8H6ClN3/c9-6-1-2-8-11-4-7(3-10)12(8)5-6/h1,4H,2,5H2. The van der Waals surface area contributed by atoms with Crippen LogP contribution in [0.3, 0.4) is 0 Å². The van der Waals surface area contributed by atoms with E-state index in [0.29, 0.717) is 12.2 Å². The molecule has 0 aromatic carbocycles. The van der Waals surface area contributed by atoms with Crippen LogP contribution >= 0.6 is 11.6 Å². The molecule has 1 aliphatic heterocycles. The predicted octanol–water partition coefficient (Wildman–Crippen LogP) is 1.43. The number of nitriles is 1. The highest BCUT2D eigenvalue weighted by Gasteiger charge is 2.13. The summed E-state index contributed by atoms with van der Waals surface area (Å²) in [6.45, 7) is 0.583. The van der Waals surface area contributed by atoms with Crippen molar-refractivity contribution in [1.82, 2.24) is 9.55 Å². The van der Waals surface area contributed by atoms with Crippen LogP contribution in [0.2, 0.25) is 0 Å². The lowest BCUT2D eigenvalue weighted by Gasteiger charge is -2.11. The van der Waals surface area contributed by atoms with E-state index in [1.165, 1.54) is 0 Å². The Labute approximate surface area is 74.9 Å². The third-order valence-corrected chi connectivity index (χ3v) is 2.14. The highest BCUT2D eigenvalue weighted by Crippen LogP contribution is 2.17. The van der Waals surface area contributed by atoms with Crippen LogP contribution in [-0.2, 0) is 13.0 Å². The van der Waals surface area contributed by atoms with Gasteiger partial charge in [0, 0.05) is 11.5 Å². The van der Waals surface area contributed by atoms with E-state index in [0.717, 1.165) is 17.3 Å². The van der Waals surface area contributed by atoms with Gasteiger partial charge in [0.1, 0.15) is 17.6 Å². The summed E-state index contributed by atoms with van der Waals surface area (Å²) < 4.78 is 1.84. The van der Waals surface area contributed by atoms with Crippen molar-refractivity contribution in [2.75, 3.05) is 0 Å². The molecule has 1 aromatic heterocycles. The molecule has 0 saturated carbocycles. The molecular weight excluding hydrogens is 174 g/mol. The average molecular weight is 180 g/mol. The van der Waals surface area contributed by atoms with Gasteiger partial charge in [-0.1, -0.05) is 17.7 Å². The second-order valence-corrected chi connectivity index (χ2v) is 3.10. The molecule has 0 bridgehead atoms. The second-order valence-electron chi connectivity index (χ2n) is 2.61. The zero-order valence-corrected chi connectivity index (χ0v) is 7.04. The fourth-order valence-electron chi connectivity index (χ4n) is 1.26. The van der Waals surface area contributed by atoms with E-state index in [4.69, 9.17) is 16.9 Å². The number of aromatic nitrogens is 2. The van der Waals surface area contributed by atoms with Crippen LogP contribution in [0, 0.1) is 11.3 Å². The number of fused-ring (bicyclic) bond motifs is 1. The molecule has 1 aromatic rings. The largest absolute Gasteiger partial charge is 0.314 e. The van der Waals surface area contributed by atoms with Gasteiger partial charge in [-0.05, 0) is 0 Å². The van der Waals surface area contributed by atoms with Gasteiger partial charge in [-0.25, -0.2) is 4.98 Å². The van der Waals surface area contributed by atoms with Crippen molar-refractivity contribution in [3.05, 3.63) is 28.8 Å². The highest BCUT2D eigenvalue weighted by atomic mass is 35.5. The third kappa shape index (κ3) is 1.01. The lowest BCUT2D eigenvalue weighted by molar-refractivity contribution is 0.718. The zero-order valence-electron chi connectivity index (χ0n) is 6.29.